The minimum atomic E-state index is 0.502. The molecule has 0 unspecified atom stereocenters. The van der Waals surface area contributed by atoms with Gasteiger partial charge >= 0.3 is 0 Å². The molecule has 1 aromatic rings. The second-order valence-electron chi connectivity index (χ2n) is 3.55. The number of aromatic nitrogens is 1. The fourth-order valence-electron chi connectivity index (χ4n) is 1.16. The summed E-state index contributed by atoms with van der Waals surface area (Å²) in [5, 5.41) is 9.73. The van der Waals surface area contributed by atoms with Crippen LogP contribution in [0.3, 0.4) is 0 Å². The first-order valence-electron chi connectivity index (χ1n) is 4.45. The van der Waals surface area contributed by atoms with Gasteiger partial charge in [-0.2, -0.15) is 5.26 Å². The Hall–Kier alpha value is -0.880. The first kappa shape index (κ1) is 10.2. The highest BCUT2D eigenvalue weighted by Crippen LogP contribution is 2.20. The van der Waals surface area contributed by atoms with Crippen LogP contribution in [0.2, 0.25) is 0 Å². The quantitative estimate of drug-likeness (QED) is 0.741. The summed E-state index contributed by atoms with van der Waals surface area (Å²) in [7, 11) is 0. The lowest BCUT2D eigenvalue weighted by Crippen LogP contribution is -1.92. The zero-order chi connectivity index (χ0) is 9.84. The molecule has 1 aromatic heterocycles. The zero-order valence-corrected chi connectivity index (χ0v) is 9.11. The third-order valence-corrected chi connectivity index (χ3v) is 2.94. The van der Waals surface area contributed by atoms with Crippen molar-refractivity contribution in [3.63, 3.8) is 0 Å². The number of hydrogen-bond donors (Lipinski definition) is 0. The Morgan fingerprint density at radius 3 is 2.77 bits per heavy atom. The molecule has 0 saturated carbocycles. The Morgan fingerprint density at radius 1 is 1.54 bits per heavy atom. The van der Waals surface area contributed by atoms with Crippen molar-refractivity contribution in [3.8, 4) is 6.07 Å². The summed E-state index contributed by atoms with van der Waals surface area (Å²) in [4.78, 5) is 5.56. The third-order valence-electron chi connectivity index (χ3n) is 1.76. The summed E-state index contributed by atoms with van der Waals surface area (Å²) < 4.78 is 0. The maximum Gasteiger partial charge on any atom is 0.0933 e. The van der Waals surface area contributed by atoms with Gasteiger partial charge in [-0.3, -0.25) is 0 Å². The van der Waals surface area contributed by atoms with Crippen LogP contribution in [0.15, 0.2) is 0 Å². The van der Waals surface area contributed by atoms with E-state index < -0.39 is 0 Å². The topological polar surface area (TPSA) is 36.7 Å². The van der Waals surface area contributed by atoms with Gasteiger partial charge in [0, 0.05) is 11.3 Å². The van der Waals surface area contributed by atoms with Crippen LogP contribution in [-0.4, -0.2) is 4.98 Å². The van der Waals surface area contributed by atoms with Crippen molar-refractivity contribution >= 4 is 11.3 Å². The first-order valence-corrected chi connectivity index (χ1v) is 5.27. The van der Waals surface area contributed by atoms with E-state index in [0.29, 0.717) is 12.3 Å². The molecule has 1 rings (SSSR count). The Bertz CT molecular complexity index is 320. The molecule has 13 heavy (non-hydrogen) atoms. The summed E-state index contributed by atoms with van der Waals surface area (Å²) in [6.45, 7) is 6.34. The fourth-order valence-corrected chi connectivity index (χ4v) is 2.37. The molecule has 0 aliphatic heterocycles. The van der Waals surface area contributed by atoms with Gasteiger partial charge in [0.1, 0.15) is 0 Å². The predicted molar refractivity (Wildman–Crippen MR) is 54.7 cm³/mol. The summed E-state index contributed by atoms with van der Waals surface area (Å²) in [5.41, 5.74) is 1.03. The number of nitrogens with zero attached hydrogens (tertiary/aromatic N) is 2. The standard InChI is InChI=1S/C10H14N2S/c1-7(2)6-10-12-8(3)9(13-10)4-5-11/h7H,4,6H2,1-3H3. The van der Waals surface area contributed by atoms with E-state index in [1.54, 1.807) is 11.3 Å². The Kier molecular flexibility index (Phi) is 3.44. The van der Waals surface area contributed by atoms with E-state index in [1.165, 1.54) is 0 Å². The molecule has 0 fully saturated rings. The van der Waals surface area contributed by atoms with Crippen LogP contribution in [0, 0.1) is 24.2 Å². The van der Waals surface area contributed by atoms with E-state index in [1.807, 2.05) is 6.92 Å². The van der Waals surface area contributed by atoms with Gasteiger partial charge in [0.05, 0.1) is 23.2 Å². The van der Waals surface area contributed by atoms with Gasteiger partial charge in [0.15, 0.2) is 0 Å². The van der Waals surface area contributed by atoms with E-state index in [4.69, 9.17) is 5.26 Å². The second-order valence-corrected chi connectivity index (χ2v) is 4.72. The Morgan fingerprint density at radius 2 is 2.23 bits per heavy atom. The molecule has 3 heteroatoms. The van der Waals surface area contributed by atoms with Crippen LogP contribution in [-0.2, 0) is 12.8 Å². The average molecular weight is 194 g/mol. The molecule has 0 aliphatic rings. The Balaban J connectivity index is 2.77. The summed E-state index contributed by atoms with van der Waals surface area (Å²) in [6, 6.07) is 2.16. The largest absolute Gasteiger partial charge is 0.246 e. The van der Waals surface area contributed by atoms with Crippen LogP contribution < -0.4 is 0 Å². The lowest BCUT2D eigenvalue weighted by Gasteiger charge is -1.97. The highest BCUT2D eigenvalue weighted by atomic mass is 32.1. The second kappa shape index (κ2) is 4.38. The first-order chi connectivity index (χ1) is 6.13. The molecular weight excluding hydrogens is 180 g/mol. The van der Waals surface area contributed by atoms with Crippen LogP contribution >= 0.6 is 11.3 Å². The molecular formula is C10H14N2S. The normalized spacial score (nSPS) is 10.4. The Labute approximate surface area is 83.2 Å². The van der Waals surface area contributed by atoms with Gasteiger partial charge < -0.3 is 0 Å². The van der Waals surface area contributed by atoms with E-state index in [9.17, 15) is 0 Å². The molecule has 0 spiro atoms. The molecule has 70 valence electrons. The average Bonchev–Trinajstić information content (AvgIpc) is 2.31. The highest BCUT2D eigenvalue weighted by Gasteiger charge is 2.07. The van der Waals surface area contributed by atoms with E-state index in [2.05, 4.69) is 24.9 Å². The van der Waals surface area contributed by atoms with Crippen molar-refractivity contribution in [3.05, 3.63) is 15.6 Å². The van der Waals surface area contributed by atoms with E-state index >= 15 is 0 Å². The minimum absolute atomic E-state index is 0.502. The molecule has 0 radical (unpaired) electrons. The van der Waals surface area contributed by atoms with Crippen LogP contribution in [0.25, 0.3) is 0 Å². The smallest absolute Gasteiger partial charge is 0.0933 e. The van der Waals surface area contributed by atoms with Crippen LogP contribution in [0.1, 0.15) is 29.4 Å². The van der Waals surface area contributed by atoms with Crippen LogP contribution in [0.5, 0.6) is 0 Å². The van der Waals surface area contributed by atoms with Crippen LogP contribution in [0.4, 0.5) is 0 Å². The molecule has 0 aromatic carbocycles. The van der Waals surface area contributed by atoms with Gasteiger partial charge in [0.2, 0.25) is 0 Å². The molecule has 0 atom stereocenters. The van der Waals surface area contributed by atoms with Crippen molar-refractivity contribution in [2.75, 3.05) is 0 Å². The van der Waals surface area contributed by atoms with Crippen molar-refractivity contribution in [1.29, 1.82) is 5.26 Å². The lowest BCUT2D eigenvalue weighted by molar-refractivity contribution is 0.643. The van der Waals surface area contributed by atoms with Crippen molar-refractivity contribution in [2.45, 2.75) is 33.6 Å². The molecule has 0 amide bonds. The summed E-state index contributed by atoms with van der Waals surface area (Å²) >= 11 is 1.68. The maximum atomic E-state index is 8.56. The molecule has 1 heterocycles. The van der Waals surface area contributed by atoms with Gasteiger partial charge in [-0.15, -0.1) is 11.3 Å². The van der Waals surface area contributed by atoms with Crippen molar-refractivity contribution < 1.29 is 0 Å². The third kappa shape index (κ3) is 2.82. The summed E-state index contributed by atoms with van der Waals surface area (Å²) in [6.07, 6.45) is 1.53. The van der Waals surface area contributed by atoms with Gasteiger partial charge in [-0.1, -0.05) is 13.8 Å². The highest BCUT2D eigenvalue weighted by molar-refractivity contribution is 7.11. The number of aryl methyl sites for hydroxylation is 1. The van der Waals surface area contributed by atoms with Gasteiger partial charge in [-0.05, 0) is 12.8 Å². The van der Waals surface area contributed by atoms with Gasteiger partial charge in [0.25, 0.3) is 0 Å². The monoisotopic (exact) mass is 194 g/mol. The molecule has 0 bridgehead atoms. The van der Waals surface area contributed by atoms with Gasteiger partial charge in [-0.25, -0.2) is 4.98 Å². The van der Waals surface area contributed by atoms with Crippen molar-refractivity contribution in [2.24, 2.45) is 5.92 Å². The SMILES string of the molecule is Cc1nc(CC(C)C)sc1CC#N. The maximum absolute atomic E-state index is 8.56. The number of hydrogen-bond acceptors (Lipinski definition) is 3. The molecule has 2 nitrogen and oxygen atoms in total. The van der Waals surface area contributed by atoms with Crippen molar-refractivity contribution in [1.82, 2.24) is 4.98 Å². The summed E-state index contributed by atoms with van der Waals surface area (Å²) in [5.74, 6) is 0.639. The number of thiazole rings is 1. The molecule has 0 saturated heterocycles. The lowest BCUT2D eigenvalue weighted by atomic mass is 10.1. The molecule has 0 aliphatic carbocycles. The zero-order valence-electron chi connectivity index (χ0n) is 8.29. The van der Waals surface area contributed by atoms with E-state index in [0.717, 1.165) is 22.0 Å². The number of rotatable bonds is 3. The molecule has 0 N–H and O–H groups in total. The fraction of sp³-hybridized carbons (Fsp3) is 0.600. The minimum Gasteiger partial charge on any atom is -0.246 e. The van der Waals surface area contributed by atoms with E-state index in [-0.39, 0.29) is 0 Å². The number of nitriles is 1. The predicted octanol–water partition coefficient (Wildman–Crippen LogP) is 2.72.